The fourth-order valence-corrected chi connectivity index (χ4v) is 3.80. The molecule has 96 valence electrons. The summed E-state index contributed by atoms with van der Waals surface area (Å²) >= 11 is 1.16. The van der Waals surface area contributed by atoms with E-state index >= 15 is 0 Å². The van der Waals surface area contributed by atoms with E-state index < -0.39 is 15.6 Å². The van der Waals surface area contributed by atoms with Crippen molar-refractivity contribution in [3.8, 4) is 0 Å². The van der Waals surface area contributed by atoms with E-state index in [1.807, 2.05) is 0 Å². The van der Waals surface area contributed by atoms with Crippen LogP contribution in [0.1, 0.15) is 12.8 Å². The van der Waals surface area contributed by atoms with Gasteiger partial charge in [-0.2, -0.15) is 0 Å². The Morgan fingerprint density at radius 1 is 1.47 bits per heavy atom. The van der Waals surface area contributed by atoms with Crippen LogP contribution in [-0.4, -0.2) is 38.9 Å². The standard InChI is InChI=1S/C10H15NO4S2/c12-10(3-5-15-6-4-10)8-11-17(13,14)9-2-1-7-16-9/h1-2,7,11-12H,3-6,8H2. The molecule has 0 radical (unpaired) electrons. The molecule has 1 aliphatic heterocycles. The molecule has 1 aliphatic rings. The Morgan fingerprint density at radius 2 is 2.18 bits per heavy atom. The topological polar surface area (TPSA) is 75.6 Å². The summed E-state index contributed by atoms with van der Waals surface area (Å²) in [4.78, 5) is 0. The van der Waals surface area contributed by atoms with Gasteiger partial charge in [0.15, 0.2) is 0 Å². The van der Waals surface area contributed by atoms with Crippen LogP contribution in [-0.2, 0) is 14.8 Å². The summed E-state index contributed by atoms with van der Waals surface area (Å²) in [5.41, 5.74) is -0.984. The molecule has 2 N–H and O–H groups in total. The van der Waals surface area contributed by atoms with Crippen LogP contribution in [0.2, 0.25) is 0 Å². The molecule has 0 aliphatic carbocycles. The lowest BCUT2D eigenvalue weighted by atomic mass is 9.95. The normalized spacial score (nSPS) is 20.3. The maximum absolute atomic E-state index is 11.8. The minimum Gasteiger partial charge on any atom is -0.388 e. The molecule has 1 aromatic rings. The molecule has 0 aromatic carbocycles. The number of thiophene rings is 1. The van der Waals surface area contributed by atoms with Crippen molar-refractivity contribution in [2.45, 2.75) is 22.7 Å². The number of sulfonamides is 1. The molecule has 0 unspecified atom stereocenters. The average Bonchev–Trinajstić information content (AvgIpc) is 2.82. The van der Waals surface area contributed by atoms with Crippen molar-refractivity contribution in [3.63, 3.8) is 0 Å². The van der Waals surface area contributed by atoms with E-state index in [2.05, 4.69) is 4.72 Å². The number of hydrogen-bond acceptors (Lipinski definition) is 5. The first-order valence-corrected chi connectivity index (χ1v) is 7.71. The molecule has 7 heteroatoms. The Balaban J connectivity index is 1.98. The van der Waals surface area contributed by atoms with Crippen molar-refractivity contribution in [1.82, 2.24) is 4.72 Å². The number of aliphatic hydroxyl groups is 1. The van der Waals surface area contributed by atoms with Gasteiger partial charge in [0.2, 0.25) is 10.0 Å². The molecule has 0 bridgehead atoms. The predicted molar refractivity (Wildman–Crippen MR) is 64.5 cm³/mol. The molecule has 0 atom stereocenters. The van der Waals surface area contributed by atoms with Gasteiger partial charge in [-0.05, 0) is 11.4 Å². The molecule has 5 nitrogen and oxygen atoms in total. The Bertz CT molecular complexity index is 449. The van der Waals surface area contributed by atoms with Crippen LogP contribution in [0.5, 0.6) is 0 Å². The van der Waals surface area contributed by atoms with Crippen LogP contribution in [0.25, 0.3) is 0 Å². The van der Waals surface area contributed by atoms with E-state index in [0.717, 1.165) is 11.3 Å². The summed E-state index contributed by atoms with van der Waals surface area (Å²) in [6, 6.07) is 3.23. The minimum atomic E-state index is -3.49. The zero-order chi connectivity index (χ0) is 12.4. The lowest BCUT2D eigenvalue weighted by molar-refractivity contribution is -0.0588. The van der Waals surface area contributed by atoms with Crippen molar-refractivity contribution < 1.29 is 18.3 Å². The van der Waals surface area contributed by atoms with Crippen molar-refractivity contribution in [2.24, 2.45) is 0 Å². The van der Waals surface area contributed by atoms with Crippen molar-refractivity contribution in [1.29, 1.82) is 0 Å². The first-order chi connectivity index (χ1) is 8.02. The molecule has 1 fully saturated rings. The minimum absolute atomic E-state index is 0.0383. The third-order valence-corrected chi connectivity index (χ3v) is 5.57. The first kappa shape index (κ1) is 13.0. The number of rotatable bonds is 4. The summed E-state index contributed by atoms with van der Waals surface area (Å²) in [5.74, 6) is 0. The molecule has 17 heavy (non-hydrogen) atoms. The number of hydrogen-bond donors (Lipinski definition) is 2. The maximum Gasteiger partial charge on any atom is 0.250 e. The lowest BCUT2D eigenvalue weighted by Gasteiger charge is -2.31. The molecule has 2 heterocycles. The SMILES string of the molecule is O=S(=O)(NCC1(O)CCOCC1)c1cccs1. The van der Waals surface area contributed by atoms with E-state index in [1.54, 1.807) is 17.5 Å². The number of ether oxygens (including phenoxy) is 1. The van der Waals surface area contributed by atoms with Crippen molar-refractivity contribution >= 4 is 21.4 Å². The average molecular weight is 277 g/mol. The van der Waals surface area contributed by atoms with Crippen LogP contribution in [0.4, 0.5) is 0 Å². The maximum atomic E-state index is 11.8. The van der Waals surface area contributed by atoms with Gasteiger partial charge in [-0.15, -0.1) is 11.3 Å². The highest BCUT2D eigenvalue weighted by molar-refractivity contribution is 7.91. The van der Waals surface area contributed by atoms with Gasteiger partial charge >= 0.3 is 0 Å². The Labute approximate surface area is 104 Å². The van der Waals surface area contributed by atoms with Gasteiger partial charge in [-0.25, -0.2) is 13.1 Å². The highest BCUT2D eigenvalue weighted by Crippen LogP contribution is 2.21. The van der Waals surface area contributed by atoms with E-state index in [9.17, 15) is 13.5 Å². The fraction of sp³-hybridized carbons (Fsp3) is 0.600. The quantitative estimate of drug-likeness (QED) is 0.843. The third-order valence-electron chi connectivity index (χ3n) is 2.77. The highest BCUT2D eigenvalue weighted by atomic mass is 32.2. The third kappa shape index (κ3) is 3.26. The second kappa shape index (κ2) is 5.03. The molecule has 1 aromatic heterocycles. The molecule has 0 saturated carbocycles. The Kier molecular flexibility index (Phi) is 3.84. The molecule has 0 amide bonds. The second-order valence-corrected chi connectivity index (χ2v) is 7.03. The molecular formula is C10H15NO4S2. The Morgan fingerprint density at radius 3 is 2.76 bits per heavy atom. The van der Waals surface area contributed by atoms with Gasteiger partial charge in [0.1, 0.15) is 4.21 Å². The zero-order valence-corrected chi connectivity index (χ0v) is 10.9. The summed E-state index contributed by atoms with van der Waals surface area (Å²) in [5, 5.41) is 11.8. The molecule has 2 rings (SSSR count). The second-order valence-electron chi connectivity index (χ2n) is 4.09. The van der Waals surface area contributed by atoms with Gasteiger partial charge in [0, 0.05) is 32.6 Å². The molecular weight excluding hydrogens is 262 g/mol. The molecule has 0 spiro atoms. The largest absolute Gasteiger partial charge is 0.388 e. The van der Waals surface area contributed by atoms with E-state index in [0.29, 0.717) is 26.1 Å². The van der Waals surface area contributed by atoms with Crippen molar-refractivity contribution in [3.05, 3.63) is 17.5 Å². The van der Waals surface area contributed by atoms with Gasteiger partial charge in [0.25, 0.3) is 0 Å². The van der Waals surface area contributed by atoms with E-state index in [4.69, 9.17) is 4.74 Å². The predicted octanol–water partition coefficient (Wildman–Crippen LogP) is 0.568. The van der Waals surface area contributed by atoms with Crippen LogP contribution in [0.15, 0.2) is 21.7 Å². The number of nitrogens with one attached hydrogen (secondary N) is 1. The Hall–Kier alpha value is -0.470. The highest BCUT2D eigenvalue weighted by Gasteiger charge is 2.31. The van der Waals surface area contributed by atoms with Crippen LogP contribution in [0, 0.1) is 0 Å². The van der Waals surface area contributed by atoms with Crippen LogP contribution < -0.4 is 4.72 Å². The van der Waals surface area contributed by atoms with Crippen molar-refractivity contribution in [2.75, 3.05) is 19.8 Å². The summed E-state index contributed by atoms with van der Waals surface area (Å²) in [6.45, 7) is 0.977. The van der Waals surface area contributed by atoms with E-state index in [-0.39, 0.29) is 10.8 Å². The smallest absolute Gasteiger partial charge is 0.250 e. The summed E-state index contributed by atoms with van der Waals surface area (Å²) in [6.07, 6.45) is 0.917. The molecule has 1 saturated heterocycles. The van der Waals surface area contributed by atoms with Crippen LogP contribution >= 0.6 is 11.3 Å². The van der Waals surface area contributed by atoms with Gasteiger partial charge < -0.3 is 9.84 Å². The fourth-order valence-electron chi connectivity index (χ4n) is 1.65. The van der Waals surface area contributed by atoms with Crippen LogP contribution in [0.3, 0.4) is 0 Å². The summed E-state index contributed by atoms with van der Waals surface area (Å²) < 4.78 is 31.5. The zero-order valence-electron chi connectivity index (χ0n) is 9.26. The van der Waals surface area contributed by atoms with Gasteiger partial charge in [-0.3, -0.25) is 0 Å². The lowest BCUT2D eigenvalue weighted by Crippen LogP contribution is -2.46. The monoisotopic (exact) mass is 277 g/mol. The van der Waals surface area contributed by atoms with E-state index in [1.165, 1.54) is 0 Å². The van der Waals surface area contributed by atoms with Gasteiger partial charge in [0.05, 0.1) is 5.60 Å². The van der Waals surface area contributed by atoms with Gasteiger partial charge in [-0.1, -0.05) is 6.07 Å². The summed E-state index contributed by atoms with van der Waals surface area (Å²) in [7, 11) is -3.49. The first-order valence-electron chi connectivity index (χ1n) is 5.35.